The Morgan fingerprint density at radius 2 is 1.84 bits per heavy atom. The van der Waals surface area contributed by atoms with Crippen molar-refractivity contribution in [1.82, 2.24) is 4.98 Å². The van der Waals surface area contributed by atoms with Crippen LogP contribution in [0.3, 0.4) is 0 Å². The molecule has 1 unspecified atom stereocenters. The van der Waals surface area contributed by atoms with Crippen molar-refractivity contribution >= 4 is 11.7 Å². The van der Waals surface area contributed by atoms with Gasteiger partial charge in [-0.3, -0.25) is 0 Å². The Labute approximate surface area is 114 Å². The van der Waals surface area contributed by atoms with Gasteiger partial charge in [0.25, 0.3) is 6.01 Å². The lowest BCUT2D eigenvalue weighted by Crippen LogP contribution is -2.10. The van der Waals surface area contributed by atoms with Crippen LogP contribution in [0.5, 0.6) is 0 Å². The molecule has 19 heavy (non-hydrogen) atoms. The Balaban J connectivity index is 2.11. The van der Waals surface area contributed by atoms with E-state index < -0.39 is 0 Å². The first kappa shape index (κ1) is 13.6. The van der Waals surface area contributed by atoms with Crippen LogP contribution in [0, 0.1) is 0 Å². The maximum atomic E-state index is 5.74. The molecule has 0 aliphatic carbocycles. The highest BCUT2D eigenvalue weighted by molar-refractivity contribution is 5.53. The molecule has 1 aromatic heterocycles. The van der Waals surface area contributed by atoms with Gasteiger partial charge in [-0.15, -0.1) is 0 Å². The molecule has 0 spiro atoms. The van der Waals surface area contributed by atoms with Crippen molar-refractivity contribution in [2.45, 2.75) is 39.2 Å². The lowest BCUT2D eigenvalue weighted by atomic mass is 9.87. The van der Waals surface area contributed by atoms with Gasteiger partial charge in [-0.05, 0) is 30.0 Å². The number of hydrogen-bond donors (Lipinski definition) is 2. The van der Waals surface area contributed by atoms with Crippen LogP contribution < -0.4 is 11.1 Å². The Bertz CT molecular complexity index is 535. The maximum Gasteiger partial charge on any atom is 0.299 e. The van der Waals surface area contributed by atoms with Gasteiger partial charge in [0.1, 0.15) is 6.26 Å². The number of anilines is 2. The second kappa shape index (κ2) is 5.05. The Kier molecular flexibility index (Phi) is 3.62. The molecule has 2 rings (SSSR count). The summed E-state index contributed by atoms with van der Waals surface area (Å²) in [7, 11) is 0. The van der Waals surface area contributed by atoms with Crippen molar-refractivity contribution in [3.63, 3.8) is 0 Å². The molecule has 0 aliphatic rings. The highest BCUT2D eigenvalue weighted by Crippen LogP contribution is 2.25. The van der Waals surface area contributed by atoms with Crippen molar-refractivity contribution in [2.75, 3.05) is 5.32 Å². The molecule has 4 heteroatoms. The first-order chi connectivity index (χ1) is 8.86. The zero-order chi connectivity index (χ0) is 14.0. The first-order valence-electron chi connectivity index (χ1n) is 6.45. The Morgan fingerprint density at radius 3 is 2.32 bits per heavy atom. The van der Waals surface area contributed by atoms with Crippen LogP contribution >= 0.6 is 0 Å². The molecule has 3 N–H and O–H groups in total. The standard InChI is InChI=1S/C15H21N3O/c1-10(16)13-9-19-14(18-13)17-12-7-5-11(6-8-12)15(2,3)4/h5-10H,16H2,1-4H3,(H,17,18). The van der Waals surface area contributed by atoms with Crippen molar-refractivity contribution in [3.05, 3.63) is 41.8 Å². The number of nitrogens with two attached hydrogens (primary N) is 1. The van der Waals surface area contributed by atoms with Crippen LogP contribution in [-0.4, -0.2) is 4.98 Å². The highest BCUT2D eigenvalue weighted by Gasteiger charge is 2.13. The fourth-order valence-electron chi connectivity index (χ4n) is 1.73. The van der Waals surface area contributed by atoms with Crippen LogP contribution in [0.1, 0.15) is 45.0 Å². The summed E-state index contributed by atoms with van der Waals surface area (Å²) in [5, 5.41) is 3.12. The lowest BCUT2D eigenvalue weighted by Gasteiger charge is -2.19. The van der Waals surface area contributed by atoms with E-state index in [4.69, 9.17) is 10.2 Å². The topological polar surface area (TPSA) is 64.1 Å². The quantitative estimate of drug-likeness (QED) is 0.881. The minimum Gasteiger partial charge on any atom is -0.432 e. The highest BCUT2D eigenvalue weighted by atomic mass is 16.4. The SMILES string of the molecule is CC(N)c1coc(Nc2ccc(C(C)(C)C)cc2)n1. The third-order valence-electron chi connectivity index (χ3n) is 2.99. The monoisotopic (exact) mass is 259 g/mol. The van der Waals surface area contributed by atoms with Gasteiger partial charge in [-0.25, -0.2) is 0 Å². The van der Waals surface area contributed by atoms with Gasteiger partial charge in [0.05, 0.1) is 5.69 Å². The molecule has 2 aromatic rings. The summed E-state index contributed by atoms with van der Waals surface area (Å²) in [6, 6.07) is 8.61. The summed E-state index contributed by atoms with van der Waals surface area (Å²) in [5.41, 5.74) is 8.88. The van der Waals surface area contributed by atoms with Gasteiger partial charge >= 0.3 is 0 Å². The van der Waals surface area contributed by atoms with E-state index in [-0.39, 0.29) is 11.5 Å². The number of aromatic nitrogens is 1. The van der Waals surface area contributed by atoms with E-state index in [2.05, 4.69) is 43.2 Å². The summed E-state index contributed by atoms with van der Waals surface area (Å²) in [6.45, 7) is 8.45. The predicted molar refractivity (Wildman–Crippen MR) is 77.5 cm³/mol. The minimum absolute atomic E-state index is 0.123. The summed E-state index contributed by atoms with van der Waals surface area (Å²) in [4.78, 5) is 4.27. The van der Waals surface area contributed by atoms with Crippen molar-refractivity contribution in [3.8, 4) is 0 Å². The Morgan fingerprint density at radius 1 is 1.21 bits per heavy atom. The van der Waals surface area contributed by atoms with Gasteiger partial charge in [-0.1, -0.05) is 32.9 Å². The minimum atomic E-state index is -0.123. The molecule has 102 valence electrons. The molecule has 0 fully saturated rings. The van der Waals surface area contributed by atoms with E-state index in [0.717, 1.165) is 11.4 Å². The third-order valence-corrected chi connectivity index (χ3v) is 2.99. The average molecular weight is 259 g/mol. The second-order valence-corrected chi connectivity index (χ2v) is 5.82. The fourth-order valence-corrected chi connectivity index (χ4v) is 1.73. The predicted octanol–water partition coefficient (Wildman–Crippen LogP) is 3.74. The van der Waals surface area contributed by atoms with Crippen LogP contribution in [-0.2, 0) is 5.41 Å². The van der Waals surface area contributed by atoms with Crippen molar-refractivity contribution in [1.29, 1.82) is 0 Å². The third kappa shape index (κ3) is 3.35. The molecule has 1 aromatic carbocycles. The molecule has 1 heterocycles. The maximum absolute atomic E-state index is 5.74. The molecular formula is C15H21N3O. The second-order valence-electron chi connectivity index (χ2n) is 5.82. The first-order valence-corrected chi connectivity index (χ1v) is 6.45. The summed E-state index contributed by atoms with van der Waals surface area (Å²) >= 11 is 0. The lowest BCUT2D eigenvalue weighted by molar-refractivity contribution is 0.573. The molecule has 4 nitrogen and oxygen atoms in total. The number of rotatable bonds is 3. The average Bonchev–Trinajstić information content (AvgIpc) is 2.77. The zero-order valence-corrected chi connectivity index (χ0v) is 11.9. The van der Waals surface area contributed by atoms with Crippen LogP contribution in [0.4, 0.5) is 11.7 Å². The van der Waals surface area contributed by atoms with E-state index in [1.165, 1.54) is 5.56 Å². The Hall–Kier alpha value is -1.81. The molecule has 0 radical (unpaired) electrons. The summed E-state index contributed by atoms with van der Waals surface area (Å²) in [5.74, 6) is 0. The normalized spacial score (nSPS) is 13.3. The van der Waals surface area contributed by atoms with E-state index in [9.17, 15) is 0 Å². The largest absolute Gasteiger partial charge is 0.432 e. The number of nitrogens with zero attached hydrogens (tertiary/aromatic N) is 1. The van der Waals surface area contributed by atoms with Gasteiger partial charge in [-0.2, -0.15) is 4.98 Å². The van der Waals surface area contributed by atoms with Gasteiger partial charge < -0.3 is 15.5 Å². The molecule has 1 atom stereocenters. The van der Waals surface area contributed by atoms with Crippen LogP contribution in [0.25, 0.3) is 0 Å². The van der Waals surface area contributed by atoms with Gasteiger partial charge in [0.2, 0.25) is 0 Å². The van der Waals surface area contributed by atoms with Gasteiger partial charge in [0.15, 0.2) is 0 Å². The van der Waals surface area contributed by atoms with E-state index in [0.29, 0.717) is 6.01 Å². The number of benzene rings is 1. The van der Waals surface area contributed by atoms with Crippen molar-refractivity contribution in [2.24, 2.45) is 5.73 Å². The molecule has 0 saturated carbocycles. The molecule has 0 amide bonds. The van der Waals surface area contributed by atoms with Crippen molar-refractivity contribution < 1.29 is 4.42 Å². The molecule has 0 saturated heterocycles. The van der Waals surface area contributed by atoms with Crippen LogP contribution in [0.2, 0.25) is 0 Å². The van der Waals surface area contributed by atoms with Crippen LogP contribution in [0.15, 0.2) is 34.9 Å². The zero-order valence-electron chi connectivity index (χ0n) is 11.9. The summed E-state index contributed by atoms with van der Waals surface area (Å²) in [6.07, 6.45) is 1.58. The smallest absolute Gasteiger partial charge is 0.299 e. The number of nitrogens with one attached hydrogen (secondary N) is 1. The molecule has 0 bridgehead atoms. The summed E-state index contributed by atoms with van der Waals surface area (Å²) < 4.78 is 5.33. The molecular weight excluding hydrogens is 238 g/mol. The number of oxazole rings is 1. The number of hydrogen-bond acceptors (Lipinski definition) is 4. The van der Waals surface area contributed by atoms with E-state index in [1.54, 1.807) is 6.26 Å². The fraction of sp³-hybridized carbons (Fsp3) is 0.400. The van der Waals surface area contributed by atoms with E-state index >= 15 is 0 Å². The van der Waals surface area contributed by atoms with E-state index in [1.807, 2.05) is 19.1 Å². The van der Waals surface area contributed by atoms with Gasteiger partial charge in [0, 0.05) is 11.7 Å². The molecule has 0 aliphatic heterocycles.